The summed E-state index contributed by atoms with van der Waals surface area (Å²) in [7, 11) is 3.23. The standard InChI is InChI=1S/C24H23ClF4N8O/c1-13-31-20-19(16-5-4-15(25)8-17(16)26)32-23(33-21(20)22(38)35(13)3)36-6-7-37(12-24(27,28)29)18(11-36)14-9-30-34(2)10-14/h4-5,8-10,18H,6-7,11-12H2,1-3H3. The fourth-order valence-corrected chi connectivity index (χ4v) is 4.76. The Labute approximate surface area is 219 Å². The number of anilines is 1. The Morgan fingerprint density at radius 1 is 1.11 bits per heavy atom. The maximum atomic E-state index is 15.0. The molecular formula is C24H23ClF4N8O. The van der Waals surface area contributed by atoms with E-state index in [0.29, 0.717) is 11.4 Å². The summed E-state index contributed by atoms with van der Waals surface area (Å²) >= 11 is 5.94. The Morgan fingerprint density at radius 3 is 2.53 bits per heavy atom. The zero-order valence-corrected chi connectivity index (χ0v) is 21.4. The van der Waals surface area contributed by atoms with Gasteiger partial charge in [0.15, 0.2) is 5.52 Å². The summed E-state index contributed by atoms with van der Waals surface area (Å²) in [5.74, 6) is -0.191. The molecule has 1 fully saturated rings. The normalized spacial score (nSPS) is 16.9. The van der Waals surface area contributed by atoms with E-state index in [4.69, 9.17) is 11.6 Å². The van der Waals surface area contributed by atoms with E-state index in [-0.39, 0.29) is 52.9 Å². The predicted octanol–water partition coefficient (Wildman–Crippen LogP) is 3.65. The van der Waals surface area contributed by atoms with Crippen molar-refractivity contribution in [2.45, 2.75) is 19.1 Å². The summed E-state index contributed by atoms with van der Waals surface area (Å²) in [6, 6.07) is 3.40. The molecule has 1 aliphatic heterocycles. The van der Waals surface area contributed by atoms with Gasteiger partial charge in [-0.1, -0.05) is 11.6 Å². The van der Waals surface area contributed by atoms with Crippen LogP contribution in [0.5, 0.6) is 0 Å². The number of aryl methyl sites for hydroxylation is 2. The summed E-state index contributed by atoms with van der Waals surface area (Å²) in [6.07, 6.45) is -1.21. The molecule has 200 valence electrons. The maximum absolute atomic E-state index is 15.0. The number of hydrogen-bond donors (Lipinski definition) is 0. The lowest BCUT2D eigenvalue weighted by Gasteiger charge is -2.41. The number of fused-ring (bicyclic) bond motifs is 1. The van der Waals surface area contributed by atoms with E-state index in [9.17, 15) is 18.0 Å². The molecule has 0 aliphatic carbocycles. The van der Waals surface area contributed by atoms with E-state index >= 15 is 4.39 Å². The molecule has 0 amide bonds. The molecule has 1 unspecified atom stereocenters. The van der Waals surface area contributed by atoms with Crippen LogP contribution in [0.3, 0.4) is 0 Å². The highest BCUT2D eigenvalue weighted by Crippen LogP contribution is 2.33. The third-order valence-electron chi connectivity index (χ3n) is 6.59. The highest BCUT2D eigenvalue weighted by molar-refractivity contribution is 6.30. The molecule has 0 N–H and O–H groups in total. The number of alkyl halides is 3. The molecule has 1 atom stereocenters. The molecule has 4 heterocycles. The van der Waals surface area contributed by atoms with Crippen LogP contribution < -0.4 is 10.5 Å². The fourth-order valence-electron chi connectivity index (χ4n) is 4.60. The molecule has 38 heavy (non-hydrogen) atoms. The molecule has 0 radical (unpaired) electrons. The average molecular weight is 551 g/mol. The molecule has 3 aromatic heterocycles. The highest BCUT2D eigenvalue weighted by atomic mass is 35.5. The van der Waals surface area contributed by atoms with Gasteiger partial charge in [0.1, 0.15) is 22.9 Å². The molecule has 4 aromatic rings. The monoisotopic (exact) mass is 550 g/mol. The van der Waals surface area contributed by atoms with Gasteiger partial charge < -0.3 is 4.90 Å². The van der Waals surface area contributed by atoms with Crippen molar-refractivity contribution in [3.63, 3.8) is 0 Å². The number of benzene rings is 1. The van der Waals surface area contributed by atoms with Crippen LogP contribution in [0.15, 0.2) is 35.4 Å². The summed E-state index contributed by atoms with van der Waals surface area (Å²) in [5, 5.41) is 4.30. The van der Waals surface area contributed by atoms with Crippen LogP contribution >= 0.6 is 11.6 Å². The molecule has 1 aromatic carbocycles. The molecule has 9 nitrogen and oxygen atoms in total. The van der Waals surface area contributed by atoms with Gasteiger partial charge in [-0.25, -0.2) is 19.3 Å². The molecule has 5 rings (SSSR count). The lowest BCUT2D eigenvalue weighted by Crippen LogP contribution is -2.51. The van der Waals surface area contributed by atoms with Crippen LogP contribution in [-0.4, -0.2) is 66.6 Å². The Bertz CT molecular complexity index is 1580. The van der Waals surface area contributed by atoms with Crippen LogP contribution in [0, 0.1) is 12.7 Å². The number of hydrogen-bond acceptors (Lipinski definition) is 7. The first kappa shape index (κ1) is 26.0. The average Bonchev–Trinajstić information content (AvgIpc) is 3.28. The first-order valence-electron chi connectivity index (χ1n) is 11.7. The SMILES string of the molecule is Cc1nc2c(-c3ccc(Cl)cc3F)nc(N3CCN(CC(F)(F)F)C(c4cnn(C)c4)C3)nc2c(=O)n1C. The van der Waals surface area contributed by atoms with E-state index in [1.165, 1.54) is 32.5 Å². The van der Waals surface area contributed by atoms with Gasteiger partial charge in [0.25, 0.3) is 5.56 Å². The first-order valence-corrected chi connectivity index (χ1v) is 12.0. The first-order chi connectivity index (χ1) is 17.9. The van der Waals surface area contributed by atoms with Crippen molar-refractivity contribution in [2.75, 3.05) is 31.1 Å². The van der Waals surface area contributed by atoms with Crippen LogP contribution in [0.1, 0.15) is 17.4 Å². The molecule has 1 aliphatic rings. The predicted molar refractivity (Wildman–Crippen MR) is 134 cm³/mol. The van der Waals surface area contributed by atoms with Gasteiger partial charge in [-0.3, -0.25) is 18.9 Å². The smallest absolute Gasteiger partial charge is 0.338 e. The fraction of sp³-hybridized carbons (Fsp3) is 0.375. The number of aromatic nitrogens is 6. The number of halogens is 5. The van der Waals surface area contributed by atoms with E-state index in [1.54, 1.807) is 32.1 Å². The Kier molecular flexibility index (Phi) is 6.59. The highest BCUT2D eigenvalue weighted by Gasteiger charge is 2.38. The second-order valence-electron chi connectivity index (χ2n) is 9.21. The van der Waals surface area contributed by atoms with Crippen molar-refractivity contribution in [2.24, 2.45) is 14.1 Å². The summed E-state index contributed by atoms with van der Waals surface area (Å²) < 4.78 is 57.9. The van der Waals surface area contributed by atoms with Crippen LogP contribution in [0.4, 0.5) is 23.5 Å². The molecule has 0 saturated carbocycles. The third kappa shape index (κ3) is 4.95. The van der Waals surface area contributed by atoms with Gasteiger partial charge in [0.2, 0.25) is 5.95 Å². The van der Waals surface area contributed by atoms with Gasteiger partial charge in [0, 0.05) is 56.1 Å². The van der Waals surface area contributed by atoms with Gasteiger partial charge in [-0.05, 0) is 25.1 Å². The van der Waals surface area contributed by atoms with Crippen molar-refractivity contribution in [3.8, 4) is 11.3 Å². The van der Waals surface area contributed by atoms with Crippen LogP contribution in [-0.2, 0) is 14.1 Å². The van der Waals surface area contributed by atoms with Gasteiger partial charge in [0.05, 0.1) is 18.8 Å². The minimum absolute atomic E-state index is 0.0249. The minimum atomic E-state index is -4.39. The van der Waals surface area contributed by atoms with E-state index in [0.717, 1.165) is 6.07 Å². The summed E-state index contributed by atoms with van der Waals surface area (Å²) in [6.45, 7) is 0.838. The maximum Gasteiger partial charge on any atom is 0.401 e. The van der Waals surface area contributed by atoms with Crippen LogP contribution in [0.25, 0.3) is 22.3 Å². The van der Waals surface area contributed by atoms with E-state index in [1.807, 2.05) is 0 Å². The molecule has 14 heteroatoms. The quantitative estimate of drug-likeness (QED) is 0.359. The summed E-state index contributed by atoms with van der Waals surface area (Å²) in [5.41, 5.74) is 0.405. The molecule has 0 spiro atoms. The number of nitrogens with zero attached hydrogens (tertiary/aromatic N) is 8. The zero-order valence-electron chi connectivity index (χ0n) is 20.7. The second-order valence-corrected chi connectivity index (χ2v) is 9.65. The van der Waals surface area contributed by atoms with Crippen molar-refractivity contribution in [1.82, 2.24) is 34.2 Å². The minimum Gasteiger partial charge on any atom is -0.338 e. The van der Waals surface area contributed by atoms with Gasteiger partial charge in [-0.2, -0.15) is 18.3 Å². The number of rotatable bonds is 4. The lowest BCUT2D eigenvalue weighted by atomic mass is 10.1. The van der Waals surface area contributed by atoms with E-state index < -0.39 is 30.1 Å². The lowest BCUT2D eigenvalue weighted by molar-refractivity contribution is -0.152. The Balaban J connectivity index is 1.64. The Morgan fingerprint density at radius 2 is 1.87 bits per heavy atom. The van der Waals surface area contributed by atoms with E-state index in [2.05, 4.69) is 20.1 Å². The summed E-state index contributed by atoms with van der Waals surface area (Å²) in [4.78, 5) is 29.7. The topological polar surface area (TPSA) is 85.0 Å². The molecular weight excluding hydrogens is 528 g/mol. The van der Waals surface area contributed by atoms with Gasteiger partial charge >= 0.3 is 6.18 Å². The van der Waals surface area contributed by atoms with Crippen molar-refractivity contribution in [1.29, 1.82) is 0 Å². The van der Waals surface area contributed by atoms with Gasteiger partial charge in [-0.15, -0.1) is 0 Å². The van der Waals surface area contributed by atoms with Crippen molar-refractivity contribution in [3.05, 3.63) is 63.2 Å². The molecule has 1 saturated heterocycles. The van der Waals surface area contributed by atoms with Crippen molar-refractivity contribution < 1.29 is 17.6 Å². The zero-order chi connectivity index (χ0) is 27.4. The van der Waals surface area contributed by atoms with Crippen LogP contribution in [0.2, 0.25) is 5.02 Å². The third-order valence-corrected chi connectivity index (χ3v) is 6.83. The second kappa shape index (κ2) is 9.62. The largest absolute Gasteiger partial charge is 0.401 e. The van der Waals surface area contributed by atoms with Crippen molar-refractivity contribution >= 4 is 28.6 Å². The molecule has 0 bridgehead atoms. The Hall–Kier alpha value is -3.58. The number of piperazine rings is 1.